The minimum atomic E-state index is -5.22. The molecule has 0 saturated heterocycles. The molecule has 7 atom stereocenters. The van der Waals surface area contributed by atoms with Crippen molar-refractivity contribution in [2.45, 2.75) is 399 Å². The van der Waals surface area contributed by atoms with E-state index in [1.807, 2.05) is 0 Å². The van der Waals surface area contributed by atoms with Crippen LogP contribution in [-0.2, 0) is 65.4 Å². The SMILES string of the molecule is CCCCCCCC/C=C/CCCCCCCC(=O)OC[C@H](COP(=O)([O-])OCC(O)COP(=O)([O-])OC[C@@H](COC(=O)CCCCCCCCCCCCCC)OC(=O)CCCCCCCC1CC1CCCCCCC)OC(=O)CCCCCCCCCCCCCCC. The number of hydrogen-bond acceptors (Lipinski definition) is 17. The molecular weight excluding hydrogens is 1250 g/mol. The van der Waals surface area contributed by atoms with E-state index in [1.165, 1.54) is 199 Å². The minimum absolute atomic E-state index is 0.0843. The summed E-state index contributed by atoms with van der Waals surface area (Å²) in [7, 11) is -10.4. The molecule has 1 aliphatic carbocycles. The van der Waals surface area contributed by atoms with Gasteiger partial charge in [-0.15, -0.1) is 0 Å². The van der Waals surface area contributed by atoms with E-state index in [0.717, 1.165) is 115 Å². The molecule has 95 heavy (non-hydrogen) atoms. The lowest BCUT2D eigenvalue weighted by Crippen LogP contribution is -2.31. The van der Waals surface area contributed by atoms with Gasteiger partial charge in [0.05, 0.1) is 26.4 Å². The standard InChI is InChI=1S/C76H144O17P2/c1-5-9-13-17-20-23-26-29-30-32-34-37-40-46-52-58-73(78)86-64-71(92-75(80)59-53-47-41-38-35-31-27-24-21-18-14-10-6-2)66-90-94(82,83)88-62-70(77)63-89-95(84,85)91-67-72(65-87-74(79)57-51-45-39-36-33-28-25-22-19-15-11-7-3)93-76(81)60-54-48-42-44-50-56-69-61-68(69)55-49-43-16-12-8-4/h29-30,68-72,77H,5-28,31-67H2,1-4H3,(H,82,83)(H,84,85)/p-2/b30-29+/t68?,69?,70?,71-,72-/m1/s1. The Hall–Kier alpha value is -2.20. The van der Waals surface area contributed by atoms with E-state index in [2.05, 4.69) is 39.8 Å². The van der Waals surface area contributed by atoms with Gasteiger partial charge in [0.25, 0.3) is 15.6 Å². The molecule has 0 aromatic heterocycles. The number of phosphoric acid groups is 2. The van der Waals surface area contributed by atoms with E-state index in [9.17, 15) is 43.2 Å². The molecule has 0 aromatic carbocycles. The number of ether oxygens (including phenoxy) is 4. The molecule has 0 radical (unpaired) electrons. The van der Waals surface area contributed by atoms with Gasteiger partial charge >= 0.3 is 23.9 Å². The van der Waals surface area contributed by atoms with Crippen molar-refractivity contribution in [1.82, 2.24) is 0 Å². The summed E-state index contributed by atoms with van der Waals surface area (Å²) >= 11 is 0. The van der Waals surface area contributed by atoms with Crippen molar-refractivity contribution >= 4 is 39.5 Å². The maximum absolute atomic E-state index is 13.0. The van der Waals surface area contributed by atoms with Crippen molar-refractivity contribution in [1.29, 1.82) is 0 Å². The van der Waals surface area contributed by atoms with Gasteiger partial charge in [0, 0.05) is 25.7 Å². The average molecular weight is 1390 g/mol. The highest BCUT2D eigenvalue weighted by Crippen LogP contribution is 2.46. The Morgan fingerprint density at radius 1 is 0.347 bits per heavy atom. The fourth-order valence-corrected chi connectivity index (χ4v) is 13.6. The molecule has 1 saturated carbocycles. The summed E-state index contributed by atoms with van der Waals surface area (Å²) in [4.78, 5) is 77.5. The third-order valence-electron chi connectivity index (χ3n) is 18.2. The minimum Gasteiger partial charge on any atom is -0.756 e. The maximum Gasteiger partial charge on any atom is 0.306 e. The summed E-state index contributed by atoms with van der Waals surface area (Å²) in [6, 6.07) is 0. The molecule has 1 aliphatic rings. The first-order chi connectivity index (χ1) is 46.1. The Morgan fingerprint density at radius 3 is 0.884 bits per heavy atom. The first-order valence-electron chi connectivity index (χ1n) is 39.4. The molecular formula is C76H142O17P2-2. The van der Waals surface area contributed by atoms with Crippen molar-refractivity contribution in [3.63, 3.8) is 0 Å². The van der Waals surface area contributed by atoms with Crippen LogP contribution in [0.5, 0.6) is 0 Å². The quantitative estimate of drug-likeness (QED) is 0.0196. The lowest BCUT2D eigenvalue weighted by atomic mass is 10.0. The van der Waals surface area contributed by atoms with Crippen molar-refractivity contribution in [3.05, 3.63) is 12.2 Å². The first kappa shape index (κ1) is 90.8. The van der Waals surface area contributed by atoms with Gasteiger partial charge < -0.3 is 51.9 Å². The van der Waals surface area contributed by atoms with Crippen molar-refractivity contribution in [2.75, 3.05) is 39.6 Å². The van der Waals surface area contributed by atoms with E-state index in [-0.39, 0.29) is 25.7 Å². The number of phosphoric ester groups is 2. The third kappa shape index (κ3) is 62.5. The van der Waals surface area contributed by atoms with E-state index in [4.69, 9.17) is 37.0 Å². The third-order valence-corrected chi connectivity index (χ3v) is 20.1. The zero-order valence-electron chi connectivity index (χ0n) is 61.0. The molecule has 560 valence electrons. The maximum atomic E-state index is 13.0. The van der Waals surface area contributed by atoms with Crippen LogP contribution in [0.3, 0.4) is 0 Å². The van der Waals surface area contributed by atoms with Crippen molar-refractivity contribution in [2.24, 2.45) is 11.8 Å². The van der Waals surface area contributed by atoms with Crippen LogP contribution >= 0.6 is 15.6 Å². The zero-order chi connectivity index (χ0) is 69.4. The molecule has 1 fully saturated rings. The van der Waals surface area contributed by atoms with E-state index < -0.39 is 97.5 Å². The predicted molar refractivity (Wildman–Crippen MR) is 379 cm³/mol. The number of esters is 4. The molecule has 5 unspecified atom stereocenters. The molecule has 0 heterocycles. The number of carbonyl (C=O) groups excluding carboxylic acids is 4. The fraction of sp³-hybridized carbons (Fsp3) is 0.921. The van der Waals surface area contributed by atoms with Gasteiger partial charge in [0.1, 0.15) is 19.3 Å². The second-order valence-corrected chi connectivity index (χ2v) is 30.4. The normalized spacial score (nSPS) is 16.1. The van der Waals surface area contributed by atoms with Crippen LogP contribution in [0.25, 0.3) is 0 Å². The van der Waals surface area contributed by atoms with Gasteiger partial charge in [-0.05, 0) is 69.6 Å². The highest BCUT2D eigenvalue weighted by Gasteiger charge is 2.35. The summed E-state index contributed by atoms with van der Waals surface area (Å²) < 4.78 is 67.7. The Labute approximate surface area is 579 Å². The topological polar surface area (TPSA) is 243 Å². The van der Waals surface area contributed by atoms with Gasteiger partial charge in [-0.3, -0.25) is 28.3 Å². The van der Waals surface area contributed by atoms with E-state index in [0.29, 0.717) is 25.7 Å². The van der Waals surface area contributed by atoms with Crippen LogP contribution < -0.4 is 9.79 Å². The van der Waals surface area contributed by atoms with E-state index in [1.54, 1.807) is 0 Å². The van der Waals surface area contributed by atoms with Crippen LogP contribution in [0.4, 0.5) is 0 Å². The molecule has 0 aromatic rings. The lowest BCUT2D eigenvalue weighted by Gasteiger charge is -2.28. The van der Waals surface area contributed by atoms with Crippen molar-refractivity contribution < 1.29 is 80.2 Å². The Bertz CT molecular complexity index is 1920. The Kier molecular flexibility index (Phi) is 62.3. The van der Waals surface area contributed by atoms with Crippen molar-refractivity contribution in [3.8, 4) is 0 Å². The number of aliphatic hydroxyl groups excluding tert-OH is 1. The highest BCUT2D eigenvalue weighted by molar-refractivity contribution is 7.46. The Morgan fingerprint density at radius 2 is 0.589 bits per heavy atom. The monoisotopic (exact) mass is 1390 g/mol. The second-order valence-electron chi connectivity index (χ2n) is 27.6. The molecule has 0 amide bonds. The Balaban J connectivity index is 2.71. The lowest BCUT2D eigenvalue weighted by molar-refractivity contribution is -0.233. The molecule has 19 heteroatoms. The fourth-order valence-electron chi connectivity index (χ4n) is 12.0. The van der Waals surface area contributed by atoms with Crippen LogP contribution in [0, 0.1) is 11.8 Å². The molecule has 17 nitrogen and oxygen atoms in total. The summed E-state index contributed by atoms with van der Waals surface area (Å²) in [5, 5.41) is 10.6. The predicted octanol–water partition coefficient (Wildman–Crippen LogP) is 20.6. The second kappa shape index (κ2) is 65.1. The summed E-state index contributed by atoms with van der Waals surface area (Å²) in [5.41, 5.74) is 0. The van der Waals surface area contributed by atoms with Gasteiger partial charge in [-0.25, -0.2) is 0 Å². The molecule has 1 N–H and O–H groups in total. The number of carbonyl (C=O) groups is 4. The number of rotatable bonds is 74. The zero-order valence-corrected chi connectivity index (χ0v) is 62.8. The average Bonchev–Trinajstić information content (AvgIpc) is 1.75. The first-order valence-corrected chi connectivity index (χ1v) is 42.3. The van der Waals surface area contributed by atoms with Crippen LogP contribution in [0.2, 0.25) is 0 Å². The van der Waals surface area contributed by atoms with Crippen LogP contribution in [0.15, 0.2) is 12.2 Å². The number of aliphatic hydroxyl groups is 1. The van der Waals surface area contributed by atoms with Gasteiger partial charge in [0.2, 0.25) is 0 Å². The van der Waals surface area contributed by atoms with Gasteiger partial charge in [0.15, 0.2) is 12.2 Å². The summed E-state index contributed by atoms with van der Waals surface area (Å²) in [6.07, 6.45) is 59.0. The number of allylic oxidation sites excluding steroid dienone is 2. The molecule has 0 bridgehead atoms. The van der Waals surface area contributed by atoms with Crippen LogP contribution in [-0.4, -0.2) is 86.9 Å². The largest absolute Gasteiger partial charge is 0.756 e. The van der Waals surface area contributed by atoms with Crippen LogP contribution in [0.1, 0.15) is 381 Å². The smallest absolute Gasteiger partial charge is 0.306 e. The molecule has 1 rings (SSSR count). The van der Waals surface area contributed by atoms with Gasteiger partial charge in [-0.2, -0.15) is 0 Å². The highest BCUT2D eigenvalue weighted by atomic mass is 31.2. The molecule has 0 aliphatic heterocycles. The number of hydrogen-bond donors (Lipinski definition) is 1. The number of unbranched alkanes of at least 4 members (excludes halogenated alkanes) is 42. The molecule has 0 spiro atoms. The summed E-state index contributed by atoms with van der Waals surface area (Å²) in [6.45, 7) is 4.57. The van der Waals surface area contributed by atoms with Gasteiger partial charge in [-0.1, -0.05) is 310 Å². The summed E-state index contributed by atoms with van der Waals surface area (Å²) in [5.74, 6) is -0.446. The van der Waals surface area contributed by atoms with E-state index >= 15 is 0 Å².